The summed E-state index contributed by atoms with van der Waals surface area (Å²) in [5.74, 6) is -0.304. The maximum Gasteiger partial charge on any atom is 0.321 e. The van der Waals surface area contributed by atoms with Crippen LogP contribution in [0.4, 0.5) is 0 Å². The third kappa shape index (κ3) is 2.22. The van der Waals surface area contributed by atoms with Crippen molar-refractivity contribution in [3.63, 3.8) is 0 Å². The van der Waals surface area contributed by atoms with Crippen LogP contribution in [0, 0.1) is 11.3 Å². The van der Waals surface area contributed by atoms with E-state index in [1.165, 1.54) is 0 Å². The van der Waals surface area contributed by atoms with Crippen molar-refractivity contribution in [2.75, 3.05) is 6.61 Å². The predicted octanol–water partition coefficient (Wildman–Crippen LogP) is 3.51. The maximum atomic E-state index is 12.6. The van der Waals surface area contributed by atoms with E-state index < -0.39 is 5.41 Å². The average molecular weight is 269 g/mol. The second-order valence-electron chi connectivity index (χ2n) is 5.11. The van der Waals surface area contributed by atoms with Gasteiger partial charge in [-0.25, -0.2) is 0 Å². The molecule has 1 aromatic carbocycles. The zero-order valence-electron chi connectivity index (χ0n) is 12.0. The molecule has 0 amide bonds. The van der Waals surface area contributed by atoms with Crippen molar-refractivity contribution in [1.82, 2.24) is 0 Å². The summed E-state index contributed by atoms with van der Waals surface area (Å²) in [5.41, 5.74) is 1.49. The van der Waals surface area contributed by atoms with Crippen molar-refractivity contribution in [2.45, 2.75) is 38.5 Å². The average Bonchev–Trinajstić information content (AvgIpc) is 2.48. The SMILES string of the molecule is CCOC(=O)C1(c2ccccc2)CCCC(C)=C1C#N. The molecule has 2 rings (SSSR count). The molecule has 0 aliphatic heterocycles. The van der Waals surface area contributed by atoms with Crippen LogP contribution < -0.4 is 0 Å². The Bertz CT molecular complexity index is 568. The lowest BCUT2D eigenvalue weighted by molar-refractivity contribution is -0.149. The van der Waals surface area contributed by atoms with Gasteiger partial charge >= 0.3 is 5.97 Å². The Labute approximate surface area is 119 Å². The molecule has 0 aromatic heterocycles. The summed E-state index contributed by atoms with van der Waals surface area (Å²) >= 11 is 0. The van der Waals surface area contributed by atoms with Gasteiger partial charge in [0.05, 0.1) is 18.2 Å². The summed E-state index contributed by atoms with van der Waals surface area (Å²) in [6.07, 6.45) is 2.40. The number of hydrogen-bond donors (Lipinski definition) is 0. The van der Waals surface area contributed by atoms with Crippen molar-refractivity contribution < 1.29 is 9.53 Å². The number of carbonyl (C=O) groups is 1. The molecule has 0 fully saturated rings. The van der Waals surface area contributed by atoms with E-state index in [4.69, 9.17) is 4.74 Å². The first kappa shape index (κ1) is 14.3. The fraction of sp³-hybridized carbons (Fsp3) is 0.412. The van der Waals surface area contributed by atoms with Crippen LogP contribution in [0.2, 0.25) is 0 Å². The zero-order valence-corrected chi connectivity index (χ0v) is 12.0. The Balaban J connectivity index is 2.65. The molecule has 0 bridgehead atoms. The third-order valence-electron chi connectivity index (χ3n) is 3.96. The Hall–Kier alpha value is -2.08. The standard InChI is InChI=1S/C17H19NO2/c1-3-20-16(19)17(14-9-5-4-6-10-14)11-7-8-13(2)15(17)12-18/h4-6,9-10H,3,7-8,11H2,1-2H3. The third-order valence-corrected chi connectivity index (χ3v) is 3.96. The molecule has 0 saturated heterocycles. The maximum absolute atomic E-state index is 12.6. The molecule has 20 heavy (non-hydrogen) atoms. The van der Waals surface area contributed by atoms with Crippen molar-refractivity contribution in [1.29, 1.82) is 5.26 Å². The molecule has 0 heterocycles. The molecule has 1 atom stereocenters. The van der Waals surface area contributed by atoms with Crippen molar-refractivity contribution >= 4 is 5.97 Å². The quantitative estimate of drug-likeness (QED) is 0.789. The van der Waals surface area contributed by atoms with Gasteiger partial charge in [-0.15, -0.1) is 0 Å². The van der Waals surface area contributed by atoms with Crippen LogP contribution in [0.5, 0.6) is 0 Å². The van der Waals surface area contributed by atoms with Crippen LogP contribution in [0.25, 0.3) is 0 Å². The normalized spacial score (nSPS) is 22.2. The van der Waals surface area contributed by atoms with Gasteiger partial charge in [-0.3, -0.25) is 4.79 Å². The van der Waals surface area contributed by atoms with Crippen LogP contribution in [-0.4, -0.2) is 12.6 Å². The van der Waals surface area contributed by atoms with Gasteiger partial charge in [0.15, 0.2) is 0 Å². The number of nitrogens with zero attached hydrogens (tertiary/aromatic N) is 1. The van der Waals surface area contributed by atoms with Crippen molar-refractivity contribution in [3.8, 4) is 6.07 Å². The Morgan fingerprint density at radius 2 is 2.10 bits per heavy atom. The summed E-state index contributed by atoms with van der Waals surface area (Å²) in [7, 11) is 0. The van der Waals surface area contributed by atoms with Gasteiger partial charge in [-0.05, 0) is 38.7 Å². The van der Waals surface area contributed by atoms with E-state index in [0.29, 0.717) is 18.6 Å². The largest absolute Gasteiger partial charge is 0.465 e. The van der Waals surface area contributed by atoms with Gasteiger partial charge in [-0.1, -0.05) is 35.9 Å². The van der Waals surface area contributed by atoms with Gasteiger partial charge in [0, 0.05) is 0 Å². The summed E-state index contributed by atoms with van der Waals surface area (Å²) in [4.78, 5) is 12.6. The summed E-state index contributed by atoms with van der Waals surface area (Å²) in [6.45, 7) is 4.06. The van der Waals surface area contributed by atoms with Gasteiger partial charge in [-0.2, -0.15) is 5.26 Å². The number of carbonyl (C=O) groups excluding carboxylic acids is 1. The predicted molar refractivity (Wildman–Crippen MR) is 76.9 cm³/mol. The van der Waals surface area contributed by atoms with E-state index in [9.17, 15) is 10.1 Å². The molecule has 3 nitrogen and oxygen atoms in total. The highest BCUT2D eigenvalue weighted by Crippen LogP contribution is 2.44. The van der Waals surface area contributed by atoms with E-state index in [1.54, 1.807) is 6.92 Å². The molecule has 0 saturated carbocycles. The number of esters is 1. The minimum Gasteiger partial charge on any atom is -0.465 e. The van der Waals surface area contributed by atoms with E-state index in [1.807, 2.05) is 37.3 Å². The highest BCUT2D eigenvalue weighted by atomic mass is 16.5. The number of nitriles is 1. The molecule has 0 N–H and O–H groups in total. The Morgan fingerprint density at radius 1 is 1.40 bits per heavy atom. The molecule has 1 unspecified atom stereocenters. The second-order valence-corrected chi connectivity index (χ2v) is 5.11. The molecular formula is C17H19NO2. The van der Waals surface area contributed by atoms with Crippen molar-refractivity contribution in [3.05, 3.63) is 47.0 Å². The number of ether oxygens (including phenoxy) is 1. The summed E-state index contributed by atoms with van der Waals surface area (Å²) in [6, 6.07) is 11.8. The minimum absolute atomic E-state index is 0.304. The van der Waals surface area contributed by atoms with Crippen LogP contribution in [-0.2, 0) is 14.9 Å². The van der Waals surface area contributed by atoms with E-state index in [0.717, 1.165) is 24.0 Å². The van der Waals surface area contributed by atoms with E-state index >= 15 is 0 Å². The molecule has 1 aliphatic rings. The number of rotatable bonds is 3. The molecule has 1 aromatic rings. The van der Waals surface area contributed by atoms with Gasteiger partial charge in [0.1, 0.15) is 5.41 Å². The number of hydrogen-bond acceptors (Lipinski definition) is 3. The van der Waals surface area contributed by atoms with E-state index in [-0.39, 0.29) is 5.97 Å². The van der Waals surface area contributed by atoms with E-state index in [2.05, 4.69) is 6.07 Å². The lowest BCUT2D eigenvalue weighted by atomic mass is 9.66. The first-order chi connectivity index (χ1) is 9.66. The van der Waals surface area contributed by atoms with Gasteiger partial charge < -0.3 is 4.74 Å². The molecule has 0 spiro atoms. The monoisotopic (exact) mass is 269 g/mol. The molecular weight excluding hydrogens is 250 g/mol. The lowest BCUT2D eigenvalue weighted by Gasteiger charge is -2.35. The first-order valence-corrected chi connectivity index (χ1v) is 7.00. The second kappa shape index (κ2) is 5.92. The van der Waals surface area contributed by atoms with Crippen LogP contribution >= 0.6 is 0 Å². The smallest absolute Gasteiger partial charge is 0.321 e. The molecule has 1 aliphatic carbocycles. The Morgan fingerprint density at radius 3 is 2.70 bits per heavy atom. The summed E-state index contributed by atoms with van der Waals surface area (Å²) in [5, 5.41) is 9.56. The first-order valence-electron chi connectivity index (χ1n) is 7.00. The van der Waals surface area contributed by atoms with Gasteiger partial charge in [0.25, 0.3) is 0 Å². The number of allylic oxidation sites excluding steroid dienone is 1. The minimum atomic E-state index is -0.922. The van der Waals surface area contributed by atoms with Gasteiger partial charge in [0.2, 0.25) is 0 Å². The highest BCUT2D eigenvalue weighted by Gasteiger charge is 2.47. The van der Waals surface area contributed by atoms with Crippen LogP contribution in [0.3, 0.4) is 0 Å². The molecule has 0 radical (unpaired) electrons. The Kier molecular flexibility index (Phi) is 4.24. The van der Waals surface area contributed by atoms with Crippen molar-refractivity contribution in [2.24, 2.45) is 0 Å². The fourth-order valence-electron chi connectivity index (χ4n) is 3.01. The molecule has 104 valence electrons. The number of benzene rings is 1. The van der Waals surface area contributed by atoms with Crippen LogP contribution in [0.15, 0.2) is 41.5 Å². The molecule has 3 heteroatoms. The van der Waals surface area contributed by atoms with Crippen LogP contribution in [0.1, 0.15) is 38.7 Å². The topological polar surface area (TPSA) is 50.1 Å². The zero-order chi connectivity index (χ0) is 14.6. The highest BCUT2D eigenvalue weighted by molar-refractivity contribution is 5.89. The fourth-order valence-corrected chi connectivity index (χ4v) is 3.01. The summed E-state index contributed by atoms with van der Waals surface area (Å²) < 4.78 is 5.30. The lowest BCUT2D eigenvalue weighted by Crippen LogP contribution is -2.41.